The van der Waals surface area contributed by atoms with Gasteiger partial charge < -0.3 is 0 Å². The highest BCUT2D eigenvalue weighted by molar-refractivity contribution is 6.30. The van der Waals surface area contributed by atoms with Crippen LogP contribution in [0.5, 0.6) is 0 Å². The number of hydrazone groups is 1. The molecule has 37 heavy (non-hydrogen) atoms. The number of carbonyl (C=O) groups excluding carboxylic acids is 1. The molecule has 3 nitrogen and oxygen atoms in total. The number of carbonyl (C=O) groups is 1. The zero-order valence-corrected chi connectivity index (χ0v) is 21.2. The minimum Gasteiger partial charge on any atom is -0.293 e. The second-order valence-corrected chi connectivity index (χ2v) is 10.1. The average Bonchev–Trinajstić information content (AvgIpc) is 3.20. The molecule has 0 saturated carbocycles. The molecule has 0 fully saturated rings. The van der Waals surface area contributed by atoms with Crippen molar-refractivity contribution in [2.24, 2.45) is 10.5 Å². The van der Waals surface area contributed by atoms with E-state index in [1.165, 1.54) is 0 Å². The molecule has 0 aromatic heterocycles. The third kappa shape index (κ3) is 4.20. The summed E-state index contributed by atoms with van der Waals surface area (Å²) >= 11 is 6.30. The van der Waals surface area contributed by atoms with Crippen LogP contribution < -0.4 is 5.01 Å². The summed E-state index contributed by atoms with van der Waals surface area (Å²) in [5.74, 6) is 0.135. The first-order valence-corrected chi connectivity index (χ1v) is 13.1. The van der Waals surface area contributed by atoms with Crippen molar-refractivity contribution < 1.29 is 4.79 Å². The smallest absolute Gasteiger partial charge is 0.177 e. The molecule has 0 radical (unpaired) electrons. The van der Waals surface area contributed by atoms with E-state index in [0.717, 1.165) is 46.5 Å². The van der Waals surface area contributed by atoms with Gasteiger partial charge in [-0.15, -0.1) is 0 Å². The van der Waals surface area contributed by atoms with Crippen LogP contribution in [0.25, 0.3) is 6.08 Å². The van der Waals surface area contributed by atoms with Crippen molar-refractivity contribution in [1.29, 1.82) is 0 Å². The quantitative estimate of drug-likeness (QED) is 0.282. The van der Waals surface area contributed by atoms with Gasteiger partial charge in [0.1, 0.15) is 5.41 Å². The standard InChI is InChI=1S/C33H27ClN2O/c34-27-20-18-26(19-21-27)31-33(23-9-13-25-12-7-8-16-29(25)32(33)37)30(22-17-24-10-3-1-4-11-24)35-36(31)28-14-5-2-6-15-28/h1-8,10-12,14-22,31H,9,13,23H2/b22-17+. The number of fused-ring (bicyclic) bond motifs is 1. The lowest BCUT2D eigenvalue weighted by Crippen LogP contribution is -2.43. The molecule has 1 spiro atoms. The fourth-order valence-corrected chi connectivity index (χ4v) is 5.89. The Morgan fingerprint density at radius 3 is 2.24 bits per heavy atom. The van der Waals surface area contributed by atoms with Gasteiger partial charge in [0.2, 0.25) is 0 Å². The van der Waals surface area contributed by atoms with Crippen LogP contribution in [0.15, 0.2) is 120 Å². The first-order chi connectivity index (χ1) is 18.2. The number of allylic oxidation sites excluding steroid dienone is 1. The summed E-state index contributed by atoms with van der Waals surface area (Å²) in [6.45, 7) is 0. The molecule has 0 amide bonds. The molecule has 2 atom stereocenters. The number of hydrogen-bond acceptors (Lipinski definition) is 3. The van der Waals surface area contributed by atoms with Gasteiger partial charge in [0.05, 0.1) is 17.4 Å². The molecule has 1 aliphatic heterocycles. The highest BCUT2D eigenvalue weighted by atomic mass is 35.5. The molecule has 0 saturated heterocycles. The fourth-order valence-electron chi connectivity index (χ4n) is 5.77. The number of nitrogens with zero attached hydrogens (tertiary/aromatic N) is 2. The number of anilines is 1. The fraction of sp³-hybridized carbons (Fsp3) is 0.152. The summed E-state index contributed by atoms with van der Waals surface area (Å²) in [4.78, 5) is 14.7. The molecule has 182 valence electrons. The number of aryl methyl sites for hydroxylation is 1. The zero-order valence-electron chi connectivity index (χ0n) is 20.4. The van der Waals surface area contributed by atoms with Crippen molar-refractivity contribution in [2.75, 3.05) is 5.01 Å². The van der Waals surface area contributed by atoms with Gasteiger partial charge in [0.25, 0.3) is 0 Å². The predicted molar refractivity (Wildman–Crippen MR) is 152 cm³/mol. The van der Waals surface area contributed by atoms with Gasteiger partial charge in [0, 0.05) is 10.6 Å². The number of hydrogen-bond donors (Lipinski definition) is 0. The normalized spacial score (nSPS) is 21.2. The lowest BCUT2D eigenvalue weighted by molar-refractivity contribution is 0.0843. The molecule has 4 heteroatoms. The Kier molecular flexibility index (Phi) is 6.23. The summed E-state index contributed by atoms with van der Waals surface area (Å²) in [6.07, 6.45) is 6.59. The number of Topliss-reactive ketones (excluding diaryl/α,β-unsaturated/α-hetero) is 1. The molecule has 2 aliphatic rings. The SMILES string of the molecule is O=C1c2ccccc2CCCC12C(/C=C/c1ccccc1)=NN(c1ccccc1)C2c1ccc(Cl)cc1. The Morgan fingerprint density at radius 2 is 1.49 bits per heavy atom. The largest absolute Gasteiger partial charge is 0.293 e. The molecule has 1 heterocycles. The highest BCUT2D eigenvalue weighted by Gasteiger charge is 2.57. The van der Waals surface area contributed by atoms with E-state index in [0.29, 0.717) is 11.4 Å². The predicted octanol–water partition coefficient (Wildman–Crippen LogP) is 8.18. The minimum atomic E-state index is -0.846. The maximum atomic E-state index is 14.7. The topological polar surface area (TPSA) is 32.7 Å². The zero-order chi connectivity index (χ0) is 25.2. The molecule has 1 aliphatic carbocycles. The molecule has 4 aromatic rings. The monoisotopic (exact) mass is 502 g/mol. The molecule has 0 bridgehead atoms. The average molecular weight is 503 g/mol. The van der Waals surface area contributed by atoms with Gasteiger partial charge in [-0.3, -0.25) is 9.80 Å². The highest BCUT2D eigenvalue weighted by Crippen LogP contribution is 2.53. The number of rotatable bonds is 4. The molecule has 6 rings (SSSR count). The summed E-state index contributed by atoms with van der Waals surface area (Å²) in [5.41, 5.74) is 4.91. The third-order valence-electron chi connectivity index (χ3n) is 7.51. The molecule has 2 unspecified atom stereocenters. The number of ketones is 1. The Labute approximate surface area is 222 Å². The Bertz CT molecular complexity index is 1480. The van der Waals surface area contributed by atoms with E-state index in [1.807, 2.05) is 89.9 Å². The van der Waals surface area contributed by atoms with Crippen LogP contribution in [0, 0.1) is 5.41 Å². The Hall–Kier alpha value is -3.95. The maximum absolute atomic E-state index is 14.7. The molecule has 4 aromatic carbocycles. The Balaban J connectivity index is 1.59. The van der Waals surface area contributed by atoms with Crippen molar-refractivity contribution in [3.05, 3.63) is 143 Å². The summed E-state index contributed by atoms with van der Waals surface area (Å²) < 4.78 is 0. The van der Waals surface area contributed by atoms with E-state index in [4.69, 9.17) is 16.7 Å². The first-order valence-electron chi connectivity index (χ1n) is 12.7. The summed E-state index contributed by atoms with van der Waals surface area (Å²) in [6, 6.07) is 35.9. The van der Waals surface area contributed by atoms with Crippen molar-refractivity contribution >= 4 is 34.9 Å². The van der Waals surface area contributed by atoms with Crippen LogP contribution in [0.4, 0.5) is 5.69 Å². The molecule has 0 N–H and O–H groups in total. The summed E-state index contributed by atoms with van der Waals surface area (Å²) in [5, 5.41) is 7.92. The van der Waals surface area contributed by atoms with Gasteiger partial charge in [-0.05, 0) is 66.3 Å². The Morgan fingerprint density at radius 1 is 0.811 bits per heavy atom. The van der Waals surface area contributed by atoms with Gasteiger partial charge in [-0.2, -0.15) is 5.10 Å². The van der Waals surface area contributed by atoms with E-state index < -0.39 is 5.41 Å². The van der Waals surface area contributed by atoms with E-state index >= 15 is 0 Å². The lowest BCUT2D eigenvalue weighted by atomic mass is 9.67. The van der Waals surface area contributed by atoms with Crippen molar-refractivity contribution in [3.8, 4) is 0 Å². The second-order valence-electron chi connectivity index (χ2n) is 9.67. The van der Waals surface area contributed by atoms with E-state index in [9.17, 15) is 4.79 Å². The van der Waals surface area contributed by atoms with Crippen LogP contribution in [0.2, 0.25) is 5.02 Å². The van der Waals surface area contributed by atoms with Crippen molar-refractivity contribution in [2.45, 2.75) is 25.3 Å². The van der Waals surface area contributed by atoms with Crippen LogP contribution in [-0.4, -0.2) is 11.5 Å². The van der Waals surface area contributed by atoms with Crippen LogP contribution in [0.3, 0.4) is 0 Å². The van der Waals surface area contributed by atoms with Gasteiger partial charge in [0.15, 0.2) is 5.78 Å². The van der Waals surface area contributed by atoms with Crippen LogP contribution >= 0.6 is 11.6 Å². The van der Waals surface area contributed by atoms with Crippen molar-refractivity contribution in [1.82, 2.24) is 0 Å². The van der Waals surface area contributed by atoms with Crippen LogP contribution in [-0.2, 0) is 6.42 Å². The lowest BCUT2D eigenvalue weighted by Gasteiger charge is -2.37. The molecular formula is C33H27ClN2O. The van der Waals surface area contributed by atoms with Crippen LogP contribution in [0.1, 0.15) is 45.9 Å². The van der Waals surface area contributed by atoms with E-state index in [1.54, 1.807) is 0 Å². The second kappa shape index (κ2) is 9.84. The van der Waals surface area contributed by atoms with E-state index in [2.05, 4.69) is 36.4 Å². The number of benzene rings is 4. The minimum absolute atomic E-state index is 0.135. The van der Waals surface area contributed by atoms with Gasteiger partial charge >= 0.3 is 0 Å². The number of halogens is 1. The summed E-state index contributed by atoms with van der Waals surface area (Å²) in [7, 11) is 0. The third-order valence-corrected chi connectivity index (χ3v) is 7.76. The van der Waals surface area contributed by atoms with Gasteiger partial charge in [-0.25, -0.2) is 0 Å². The maximum Gasteiger partial charge on any atom is 0.177 e. The van der Waals surface area contributed by atoms with E-state index in [-0.39, 0.29) is 11.8 Å². The first kappa shape index (κ1) is 23.4. The molecular weight excluding hydrogens is 476 g/mol. The van der Waals surface area contributed by atoms with Crippen molar-refractivity contribution in [3.63, 3.8) is 0 Å². The van der Waals surface area contributed by atoms with Gasteiger partial charge in [-0.1, -0.05) is 103 Å². The number of para-hydroxylation sites is 1.